The maximum absolute atomic E-state index is 12.9. The van der Waals surface area contributed by atoms with Crippen molar-refractivity contribution in [3.05, 3.63) is 46.8 Å². The van der Waals surface area contributed by atoms with E-state index >= 15 is 0 Å². The zero-order valence-electron chi connectivity index (χ0n) is 18.9. The molecule has 0 atom stereocenters. The molecule has 1 aliphatic heterocycles. The number of ether oxygens (including phenoxy) is 1. The zero-order valence-corrected chi connectivity index (χ0v) is 19.7. The molecular weight excluding hydrogens is 444 g/mol. The van der Waals surface area contributed by atoms with Crippen molar-refractivity contribution >= 4 is 21.0 Å². The van der Waals surface area contributed by atoms with Crippen LogP contribution in [-0.2, 0) is 23.6 Å². The molecule has 0 aromatic carbocycles. The van der Waals surface area contributed by atoms with Gasteiger partial charge in [-0.2, -0.15) is 4.31 Å². The van der Waals surface area contributed by atoms with E-state index in [2.05, 4.69) is 9.88 Å². The zero-order chi connectivity index (χ0) is 23.2. The molecule has 1 aliphatic carbocycles. The van der Waals surface area contributed by atoms with Crippen LogP contribution in [0.3, 0.4) is 0 Å². The first-order chi connectivity index (χ1) is 15.8. The van der Waals surface area contributed by atoms with Gasteiger partial charge in [-0.1, -0.05) is 0 Å². The van der Waals surface area contributed by atoms with Crippen molar-refractivity contribution in [3.8, 4) is 16.9 Å². The number of hydrogen-bond acceptors (Lipinski definition) is 7. The number of furan rings is 1. The molecule has 0 N–H and O–H groups in total. The number of piperazine rings is 1. The third kappa shape index (κ3) is 4.68. The van der Waals surface area contributed by atoms with Crippen LogP contribution in [0.2, 0.25) is 0 Å². The van der Waals surface area contributed by atoms with Gasteiger partial charge in [0.05, 0.1) is 31.0 Å². The third-order valence-electron chi connectivity index (χ3n) is 6.33. The summed E-state index contributed by atoms with van der Waals surface area (Å²) in [7, 11) is -1.45. The molecule has 1 saturated carbocycles. The van der Waals surface area contributed by atoms with Crippen molar-refractivity contribution in [2.75, 3.05) is 39.0 Å². The number of fused-ring (bicyclic) bond motifs is 1. The summed E-state index contributed by atoms with van der Waals surface area (Å²) in [6.45, 7) is 3.29. The quantitative estimate of drug-likeness (QED) is 0.519. The fraction of sp³-hybridized carbons (Fsp3) is 0.478. The van der Waals surface area contributed by atoms with E-state index in [4.69, 9.17) is 9.15 Å². The molecule has 0 bridgehead atoms. The Kier molecular flexibility index (Phi) is 5.75. The number of hydrogen-bond donors (Lipinski definition) is 0. The Bertz CT molecular complexity index is 1330. The van der Waals surface area contributed by atoms with Gasteiger partial charge in [0.25, 0.3) is 5.56 Å². The van der Waals surface area contributed by atoms with Crippen LogP contribution in [0.5, 0.6) is 5.75 Å². The summed E-state index contributed by atoms with van der Waals surface area (Å²) < 4.78 is 38.8. The summed E-state index contributed by atoms with van der Waals surface area (Å²) in [4.78, 5) is 19.2. The minimum absolute atomic E-state index is 0.125. The van der Waals surface area contributed by atoms with Crippen molar-refractivity contribution < 1.29 is 17.6 Å². The Hall–Kier alpha value is -2.69. The largest absolute Gasteiger partial charge is 0.491 e. The highest BCUT2D eigenvalue weighted by Gasteiger charge is 2.26. The van der Waals surface area contributed by atoms with Crippen molar-refractivity contribution in [3.63, 3.8) is 0 Å². The van der Waals surface area contributed by atoms with Crippen molar-refractivity contribution in [2.24, 2.45) is 13.0 Å². The van der Waals surface area contributed by atoms with E-state index in [0.717, 1.165) is 11.1 Å². The Morgan fingerprint density at radius 3 is 2.64 bits per heavy atom. The van der Waals surface area contributed by atoms with Crippen LogP contribution in [0, 0.1) is 5.92 Å². The van der Waals surface area contributed by atoms with E-state index < -0.39 is 10.0 Å². The molecule has 4 heterocycles. The number of aromatic nitrogens is 2. The molecule has 3 aromatic heterocycles. The van der Waals surface area contributed by atoms with Gasteiger partial charge in [0.2, 0.25) is 10.0 Å². The minimum atomic E-state index is -3.18. The van der Waals surface area contributed by atoms with Crippen molar-refractivity contribution in [1.29, 1.82) is 0 Å². The number of nitrogens with zero attached hydrogens (tertiary/aromatic N) is 4. The van der Waals surface area contributed by atoms with Gasteiger partial charge in [0.15, 0.2) is 0 Å². The van der Waals surface area contributed by atoms with Crippen LogP contribution < -0.4 is 10.3 Å². The predicted molar refractivity (Wildman–Crippen MR) is 125 cm³/mol. The van der Waals surface area contributed by atoms with E-state index in [0.29, 0.717) is 67.7 Å². The Morgan fingerprint density at radius 1 is 1.18 bits per heavy atom. The molecule has 176 valence electrons. The molecule has 2 fully saturated rings. The monoisotopic (exact) mass is 472 g/mol. The van der Waals surface area contributed by atoms with E-state index in [1.165, 1.54) is 23.4 Å². The van der Waals surface area contributed by atoms with Crippen LogP contribution in [0.1, 0.15) is 18.6 Å². The molecule has 0 spiro atoms. The number of sulfonamides is 1. The molecule has 2 aliphatic rings. The lowest BCUT2D eigenvalue weighted by atomic mass is 10.1. The van der Waals surface area contributed by atoms with Gasteiger partial charge in [0.1, 0.15) is 17.1 Å². The van der Waals surface area contributed by atoms with Gasteiger partial charge in [-0.3, -0.25) is 14.7 Å². The topological polar surface area (TPSA) is 97.9 Å². The highest BCUT2D eigenvalue weighted by molar-refractivity contribution is 7.88. The van der Waals surface area contributed by atoms with Crippen molar-refractivity contribution in [1.82, 2.24) is 18.8 Å². The van der Waals surface area contributed by atoms with Gasteiger partial charge in [-0.25, -0.2) is 8.42 Å². The molecule has 9 nitrogen and oxygen atoms in total. The average molecular weight is 473 g/mol. The van der Waals surface area contributed by atoms with Gasteiger partial charge >= 0.3 is 0 Å². The Morgan fingerprint density at radius 2 is 1.94 bits per heavy atom. The first-order valence-corrected chi connectivity index (χ1v) is 13.0. The van der Waals surface area contributed by atoms with Crippen LogP contribution in [0.25, 0.3) is 22.1 Å². The maximum Gasteiger partial charge on any atom is 0.261 e. The summed E-state index contributed by atoms with van der Waals surface area (Å²) in [5, 5.41) is 0.518. The van der Waals surface area contributed by atoms with Gasteiger partial charge < -0.3 is 13.7 Å². The summed E-state index contributed by atoms with van der Waals surface area (Å²) in [6, 6.07) is 3.68. The van der Waals surface area contributed by atoms with E-state index in [-0.39, 0.29) is 5.56 Å². The van der Waals surface area contributed by atoms with Crippen molar-refractivity contribution in [2.45, 2.75) is 19.4 Å². The number of pyridine rings is 2. The summed E-state index contributed by atoms with van der Waals surface area (Å²) in [6.07, 6.45) is 8.82. The van der Waals surface area contributed by atoms with Crippen LogP contribution >= 0.6 is 0 Å². The molecule has 10 heteroatoms. The second-order valence-electron chi connectivity index (χ2n) is 8.98. The molecule has 3 aromatic rings. The Labute approximate surface area is 192 Å². The fourth-order valence-electron chi connectivity index (χ4n) is 4.22. The first kappa shape index (κ1) is 22.1. The normalized spacial score (nSPS) is 18.1. The van der Waals surface area contributed by atoms with E-state index in [9.17, 15) is 13.2 Å². The fourth-order valence-corrected chi connectivity index (χ4v) is 5.05. The van der Waals surface area contributed by atoms with Gasteiger partial charge in [0, 0.05) is 56.7 Å². The summed E-state index contributed by atoms with van der Waals surface area (Å²) in [5.41, 5.74) is 2.04. The summed E-state index contributed by atoms with van der Waals surface area (Å²) >= 11 is 0. The van der Waals surface area contributed by atoms with Crippen LogP contribution in [0.4, 0.5) is 0 Å². The third-order valence-corrected chi connectivity index (χ3v) is 7.63. The molecule has 0 radical (unpaired) electrons. The van der Waals surface area contributed by atoms with Gasteiger partial charge in [-0.05, 0) is 30.9 Å². The SMILES string of the molecule is Cn1cc(-c2ccncc2OCC2CC2)c2oc(CN3CCN(S(C)(=O)=O)CC3)cc2c1=O. The molecular formula is C23H28N4O5S. The lowest BCUT2D eigenvalue weighted by Gasteiger charge is -2.32. The number of aryl methyl sites for hydroxylation is 1. The van der Waals surface area contributed by atoms with E-state index in [1.807, 2.05) is 6.07 Å². The molecule has 0 unspecified atom stereocenters. The Balaban J connectivity index is 1.45. The maximum atomic E-state index is 12.9. The molecule has 33 heavy (non-hydrogen) atoms. The predicted octanol–water partition coefficient (Wildman–Crippen LogP) is 2.06. The van der Waals surface area contributed by atoms with Gasteiger partial charge in [-0.15, -0.1) is 0 Å². The second kappa shape index (κ2) is 8.58. The standard InChI is InChI=1S/C23H28N4O5S/c1-25-14-20(18-5-6-24-12-21(18)31-15-16-3-4-16)22-19(23(25)28)11-17(32-22)13-26-7-9-27(10-8-26)33(2,29)30/h5-6,11-12,14,16H,3-4,7-10,13,15H2,1-2H3. The van der Waals surface area contributed by atoms with Crippen LogP contribution in [-0.4, -0.2) is 66.2 Å². The molecule has 1 saturated heterocycles. The highest BCUT2D eigenvalue weighted by atomic mass is 32.2. The molecule has 0 amide bonds. The van der Waals surface area contributed by atoms with E-state index in [1.54, 1.807) is 36.3 Å². The lowest BCUT2D eigenvalue weighted by Crippen LogP contribution is -2.47. The smallest absolute Gasteiger partial charge is 0.261 e. The van der Waals surface area contributed by atoms with Crippen LogP contribution in [0.15, 0.2) is 39.9 Å². The first-order valence-electron chi connectivity index (χ1n) is 11.2. The minimum Gasteiger partial charge on any atom is -0.491 e. The average Bonchev–Trinajstić information content (AvgIpc) is 3.53. The summed E-state index contributed by atoms with van der Waals surface area (Å²) in [5.74, 6) is 1.97. The molecule has 5 rings (SSSR count). The lowest BCUT2D eigenvalue weighted by molar-refractivity contribution is 0.172. The second-order valence-corrected chi connectivity index (χ2v) is 11.0. The number of rotatable bonds is 7. The highest BCUT2D eigenvalue weighted by Crippen LogP contribution is 2.36.